The molecule has 0 spiro atoms. The molecule has 4 heteroatoms. The summed E-state index contributed by atoms with van der Waals surface area (Å²) in [4.78, 5) is 12.3. The topological polar surface area (TPSA) is 47.6 Å². The third-order valence-corrected chi connectivity index (χ3v) is 3.42. The molecule has 2 aliphatic heterocycles. The van der Waals surface area contributed by atoms with Crippen molar-refractivity contribution in [3.63, 3.8) is 0 Å². The van der Waals surface area contributed by atoms with Gasteiger partial charge in [0.05, 0.1) is 0 Å². The minimum absolute atomic E-state index is 0.106. The van der Waals surface area contributed by atoms with Gasteiger partial charge >= 0.3 is 0 Å². The summed E-state index contributed by atoms with van der Waals surface area (Å²) in [5.74, 6) is 1.74. The maximum Gasteiger partial charge on any atom is 0.231 e. The molecule has 1 aromatic carbocycles. The SMILES string of the molecule is Cc1cc2c(cc1C(=O)C1CCNC1)OCO2. The van der Waals surface area contributed by atoms with E-state index < -0.39 is 0 Å². The lowest BCUT2D eigenvalue weighted by Crippen LogP contribution is -2.18. The molecule has 2 aliphatic rings. The van der Waals surface area contributed by atoms with E-state index >= 15 is 0 Å². The highest BCUT2D eigenvalue weighted by atomic mass is 16.7. The molecule has 4 nitrogen and oxygen atoms in total. The molecule has 1 unspecified atom stereocenters. The van der Waals surface area contributed by atoms with Crippen molar-refractivity contribution in [2.75, 3.05) is 19.9 Å². The smallest absolute Gasteiger partial charge is 0.231 e. The molecule has 0 aromatic heterocycles. The summed E-state index contributed by atoms with van der Waals surface area (Å²) >= 11 is 0. The van der Waals surface area contributed by atoms with Gasteiger partial charge in [-0.15, -0.1) is 0 Å². The van der Waals surface area contributed by atoms with Crippen molar-refractivity contribution >= 4 is 5.78 Å². The van der Waals surface area contributed by atoms with Crippen molar-refractivity contribution in [3.8, 4) is 11.5 Å². The van der Waals surface area contributed by atoms with Crippen molar-refractivity contribution in [3.05, 3.63) is 23.3 Å². The molecule has 0 amide bonds. The zero-order valence-electron chi connectivity index (χ0n) is 9.79. The number of ketones is 1. The number of carbonyl (C=O) groups excluding carboxylic acids is 1. The number of rotatable bonds is 2. The van der Waals surface area contributed by atoms with Gasteiger partial charge in [-0.2, -0.15) is 0 Å². The molecule has 1 saturated heterocycles. The van der Waals surface area contributed by atoms with Crippen molar-refractivity contribution < 1.29 is 14.3 Å². The van der Waals surface area contributed by atoms with E-state index in [9.17, 15) is 4.79 Å². The number of hydrogen-bond donors (Lipinski definition) is 1. The van der Waals surface area contributed by atoms with E-state index in [0.29, 0.717) is 5.75 Å². The number of ether oxygens (including phenoxy) is 2. The van der Waals surface area contributed by atoms with E-state index in [1.54, 1.807) is 0 Å². The second-order valence-electron chi connectivity index (χ2n) is 4.57. The van der Waals surface area contributed by atoms with Crippen LogP contribution in [0.5, 0.6) is 11.5 Å². The summed E-state index contributed by atoms with van der Waals surface area (Å²) in [5, 5.41) is 3.22. The molecule has 0 bridgehead atoms. The Morgan fingerprint density at radius 3 is 2.82 bits per heavy atom. The molecular formula is C13H15NO3. The molecule has 90 valence electrons. The Labute approximate surface area is 99.9 Å². The summed E-state index contributed by atoms with van der Waals surface area (Å²) in [7, 11) is 0. The van der Waals surface area contributed by atoms with Crippen molar-refractivity contribution in [1.82, 2.24) is 5.32 Å². The number of hydrogen-bond acceptors (Lipinski definition) is 4. The van der Waals surface area contributed by atoms with Gasteiger partial charge in [-0.1, -0.05) is 0 Å². The summed E-state index contributed by atoms with van der Waals surface area (Å²) in [6, 6.07) is 3.70. The van der Waals surface area contributed by atoms with Gasteiger partial charge in [-0.05, 0) is 37.6 Å². The predicted molar refractivity (Wildman–Crippen MR) is 62.6 cm³/mol. The third-order valence-electron chi connectivity index (χ3n) is 3.42. The molecule has 1 fully saturated rings. The van der Waals surface area contributed by atoms with Crippen LogP contribution in [0.1, 0.15) is 22.3 Å². The standard InChI is InChI=1S/C13H15NO3/c1-8-4-11-12(17-7-16-11)5-10(8)13(15)9-2-3-14-6-9/h4-5,9,14H,2-3,6-7H2,1H3. The van der Waals surface area contributed by atoms with Crippen molar-refractivity contribution in [2.45, 2.75) is 13.3 Å². The Bertz CT molecular complexity index is 464. The number of aryl methyl sites for hydroxylation is 1. The molecule has 1 aromatic rings. The van der Waals surface area contributed by atoms with Crippen LogP contribution in [0.25, 0.3) is 0 Å². The maximum absolute atomic E-state index is 12.3. The Kier molecular flexibility index (Phi) is 2.52. The minimum atomic E-state index is 0.106. The van der Waals surface area contributed by atoms with Crippen LogP contribution in [0.2, 0.25) is 0 Å². The van der Waals surface area contributed by atoms with E-state index in [-0.39, 0.29) is 18.5 Å². The lowest BCUT2D eigenvalue weighted by Gasteiger charge is -2.10. The van der Waals surface area contributed by atoms with Crippen LogP contribution < -0.4 is 14.8 Å². The Hall–Kier alpha value is -1.55. The third kappa shape index (κ3) is 1.78. The Balaban J connectivity index is 1.94. The zero-order valence-corrected chi connectivity index (χ0v) is 9.79. The average molecular weight is 233 g/mol. The first-order chi connectivity index (χ1) is 8.25. The monoisotopic (exact) mass is 233 g/mol. The Morgan fingerprint density at radius 2 is 2.12 bits per heavy atom. The van der Waals surface area contributed by atoms with Gasteiger partial charge in [0, 0.05) is 18.0 Å². The normalized spacial score (nSPS) is 21.8. The second kappa shape index (κ2) is 4.04. The molecule has 1 atom stereocenters. The van der Waals surface area contributed by atoms with Crippen LogP contribution in [0.4, 0.5) is 0 Å². The number of nitrogens with one attached hydrogen (secondary N) is 1. The Morgan fingerprint density at radius 1 is 1.35 bits per heavy atom. The average Bonchev–Trinajstić information content (AvgIpc) is 2.97. The first-order valence-corrected chi connectivity index (χ1v) is 5.91. The molecule has 2 heterocycles. The van der Waals surface area contributed by atoms with E-state index in [4.69, 9.17) is 9.47 Å². The quantitative estimate of drug-likeness (QED) is 0.787. The number of fused-ring (bicyclic) bond motifs is 1. The maximum atomic E-state index is 12.3. The van der Waals surface area contributed by atoms with E-state index in [0.717, 1.165) is 36.4 Å². The van der Waals surface area contributed by atoms with E-state index in [1.807, 2.05) is 19.1 Å². The van der Waals surface area contributed by atoms with Gasteiger partial charge in [0.1, 0.15) is 0 Å². The lowest BCUT2D eigenvalue weighted by atomic mass is 9.93. The highest BCUT2D eigenvalue weighted by molar-refractivity contribution is 6.00. The van der Waals surface area contributed by atoms with Gasteiger partial charge in [-0.25, -0.2) is 0 Å². The van der Waals surface area contributed by atoms with Gasteiger partial charge in [0.2, 0.25) is 6.79 Å². The largest absolute Gasteiger partial charge is 0.454 e. The zero-order chi connectivity index (χ0) is 11.8. The highest BCUT2D eigenvalue weighted by Crippen LogP contribution is 2.35. The predicted octanol–water partition coefficient (Wildman–Crippen LogP) is 1.52. The molecule has 0 aliphatic carbocycles. The fourth-order valence-electron chi connectivity index (χ4n) is 2.41. The van der Waals surface area contributed by atoms with Crippen LogP contribution in [0.3, 0.4) is 0 Å². The number of Topliss-reactive ketones (excluding diaryl/α,β-unsaturated/α-hetero) is 1. The molecule has 0 radical (unpaired) electrons. The van der Waals surface area contributed by atoms with Gasteiger partial charge in [0.15, 0.2) is 17.3 Å². The first-order valence-electron chi connectivity index (χ1n) is 5.91. The summed E-state index contributed by atoms with van der Waals surface area (Å²) in [6.45, 7) is 3.90. The highest BCUT2D eigenvalue weighted by Gasteiger charge is 2.26. The van der Waals surface area contributed by atoms with E-state index in [1.165, 1.54) is 0 Å². The summed E-state index contributed by atoms with van der Waals surface area (Å²) in [5.41, 5.74) is 1.73. The van der Waals surface area contributed by atoms with Gasteiger partial charge < -0.3 is 14.8 Å². The lowest BCUT2D eigenvalue weighted by molar-refractivity contribution is 0.0929. The molecule has 17 heavy (non-hydrogen) atoms. The van der Waals surface area contributed by atoms with Crippen LogP contribution in [-0.2, 0) is 0 Å². The minimum Gasteiger partial charge on any atom is -0.454 e. The molecule has 0 saturated carbocycles. The molecule has 3 rings (SSSR count). The van der Waals surface area contributed by atoms with E-state index in [2.05, 4.69) is 5.32 Å². The fraction of sp³-hybridized carbons (Fsp3) is 0.462. The van der Waals surface area contributed by atoms with Crippen LogP contribution in [-0.4, -0.2) is 25.7 Å². The number of carbonyl (C=O) groups is 1. The molecule has 1 N–H and O–H groups in total. The van der Waals surface area contributed by atoms with Gasteiger partial charge in [0.25, 0.3) is 0 Å². The van der Waals surface area contributed by atoms with Crippen LogP contribution in [0.15, 0.2) is 12.1 Å². The number of benzene rings is 1. The fourth-order valence-corrected chi connectivity index (χ4v) is 2.41. The van der Waals surface area contributed by atoms with Crippen LogP contribution in [0, 0.1) is 12.8 Å². The van der Waals surface area contributed by atoms with Crippen molar-refractivity contribution in [1.29, 1.82) is 0 Å². The summed E-state index contributed by atoms with van der Waals surface area (Å²) < 4.78 is 10.6. The van der Waals surface area contributed by atoms with Crippen molar-refractivity contribution in [2.24, 2.45) is 5.92 Å². The van der Waals surface area contributed by atoms with Gasteiger partial charge in [-0.3, -0.25) is 4.79 Å². The molecular weight excluding hydrogens is 218 g/mol. The van der Waals surface area contributed by atoms with Crippen LogP contribution >= 0.6 is 0 Å². The second-order valence-corrected chi connectivity index (χ2v) is 4.57. The summed E-state index contributed by atoms with van der Waals surface area (Å²) in [6.07, 6.45) is 0.923. The first kappa shape index (κ1) is 10.6.